The van der Waals surface area contributed by atoms with Gasteiger partial charge in [0.1, 0.15) is 0 Å². The van der Waals surface area contributed by atoms with E-state index in [1.165, 1.54) is 0 Å². The Morgan fingerprint density at radius 3 is 1.30 bits per heavy atom. The number of anilines is 1. The maximum Gasteiger partial charge on any atom is 0.0738 e. The predicted octanol–water partition coefficient (Wildman–Crippen LogP) is 9.24. The monoisotopic (exact) mass is 553 g/mol. The Labute approximate surface area is 248 Å². The van der Waals surface area contributed by atoms with Crippen molar-refractivity contribution in [2.24, 2.45) is 0 Å². The van der Waals surface area contributed by atoms with Crippen LogP contribution in [0, 0.1) is 0 Å². The van der Waals surface area contributed by atoms with Gasteiger partial charge in [0.2, 0.25) is 0 Å². The van der Waals surface area contributed by atoms with Gasteiger partial charge in [-0.15, -0.1) is 0 Å². The fourth-order valence-corrected chi connectivity index (χ4v) is 5.90. The molecule has 6 aromatic rings. The molecule has 0 spiro atoms. The SMILES string of the molecule is Nc1ccc(-c2c3nc(c(-c4ccccc4)c4ccc(cc5ccc([nH]5)c(-c5ccccc5)c5nc2C=C5)[nH]4)C=C3)cc1. The normalized spacial score (nSPS) is 12.1. The summed E-state index contributed by atoms with van der Waals surface area (Å²) >= 11 is 0. The van der Waals surface area contributed by atoms with Gasteiger partial charge in [-0.3, -0.25) is 0 Å². The van der Waals surface area contributed by atoms with E-state index < -0.39 is 0 Å². The summed E-state index contributed by atoms with van der Waals surface area (Å²) in [4.78, 5) is 17.8. The molecule has 0 radical (unpaired) electrons. The maximum atomic E-state index is 6.09. The number of H-pyrrole nitrogens is 2. The molecule has 0 amide bonds. The summed E-state index contributed by atoms with van der Waals surface area (Å²) in [7, 11) is 0. The van der Waals surface area contributed by atoms with Crippen molar-refractivity contribution in [3.63, 3.8) is 0 Å². The lowest BCUT2D eigenvalue weighted by atomic mass is 10.0. The molecule has 5 heterocycles. The molecule has 5 nitrogen and oxygen atoms in total. The van der Waals surface area contributed by atoms with E-state index in [1.54, 1.807) is 0 Å². The molecule has 2 aliphatic heterocycles. The van der Waals surface area contributed by atoms with E-state index in [1.807, 2.05) is 36.4 Å². The van der Waals surface area contributed by atoms with Gasteiger partial charge in [0.25, 0.3) is 0 Å². The number of nitrogens with one attached hydrogen (secondary N) is 2. The summed E-state index contributed by atoms with van der Waals surface area (Å²) in [6.45, 7) is 0. The maximum absolute atomic E-state index is 6.09. The first-order valence-electron chi connectivity index (χ1n) is 14.3. The summed E-state index contributed by atoms with van der Waals surface area (Å²) in [6, 6.07) is 39.3. The van der Waals surface area contributed by atoms with Crippen LogP contribution in [0.5, 0.6) is 0 Å². The van der Waals surface area contributed by atoms with Gasteiger partial charge < -0.3 is 15.7 Å². The zero-order chi connectivity index (χ0) is 28.8. The van der Waals surface area contributed by atoms with Crippen molar-refractivity contribution < 1.29 is 0 Å². The largest absolute Gasteiger partial charge is 0.399 e. The molecule has 4 N–H and O–H groups in total. The van der Waals surface area contributed by atoms with E-state index in [0.29, 0.717) is 5.69 Å². The number of benzene rings is 3. The van der Waals surface area contributed by atoms with Crippen LogP contribution in [0.3, 0.4) is 0 Å². The Bertz CT molecular complexity index is 2080. The summed E-state index contributed by atoms with van der Waals surface area (Å²) in [6.07, 6.45) is 8.37. The highest BCUT2D eigenvalue weighted by molar-refractivity contribution is 5.96. The molecule has 0 fully saturated rings. The van der Waals surface area contributed by atoms with E-state index in [4.69, 9.17) is 15.7 Å². The van der Waals surface area contributed by atoms with E-state index in [-0.39, 0.29) is 0 Å². The second-order valence-corrected chi connectivity index (χ2v) is 10.7. The summed E-state index contributed by atoms with van der Waals surface area (Å²) in [5, 5.41) is 0. The number of hydrogen-bond donors (Lipinski definition) is 3. The smallest absolute Gasteiger partial charge is 0.0738 e. The number of nitrogen functional groups attached to an aromatic ring is 1. The van der Waals surface area contributed by atoms with Crippen molar-refractivity contribution in [1.82, 2.24) is 19.9 Å². The van der Waals surface area contributed by atoms with Crippen LogP contribution < -0.4 is 5.73 Å². The number of rotatable bonds is 3. The van der Waals surface area contributed by atoms with Crippen LogP contribution in [0.15, 0.2) is 115 Å². The minimum Gasteiger partial charge on any atom is -0.399 e. The van der Waals surface area contributed by atoms with E-state index >= 15 is 0 Å². The molecule has 0 saturated heterocycles. The zero-order valence-corrected chi connectivity index (χ0v) is 23.3. The topological polar surface area (TPSA) is 83.4 Å². The molecule has 3 aromatic heterocycles. The first kappa shape index (κ1) is 24.8. The Hall–Kier alpha value is -5.94. The van der Waals surface area contributed by atoms with Crippen LogP contribution >= 0.6 is 0 Å². The third-order valence-electron chi connectivity index (χ3n) is 7.90. The highest BCUT2D eigenvalue weighted by Crippen LogP contribution is 2.36. The lowest BCUT2D eigenvalue weighted by Gasteiger charge is -2.06. The van der Waals surface area contributed by atoms with Crippen LogP contribution in [0.1, 0.15) is 22.8 Å². The van der Waals surface area contributed by atoms with Gasteiger partial charge in [0, 0.05) is 44.4 Å². The van der Waals surface area contributed by atoms with Gasteiger partial charge in [-0.1, -0.05) is 72.8 Å². The van der Waals surface area contributed by atoms with Crippen LogP contribution in [0.2, 0.25) is 0 Å². The predicted molar refractivity (Wildman–Crippen MR) is 180 cm³/mol. The minimum atomic E-state index is 0.714. The Morgan fingerprint density at radius 1 is 0.419 bits per heavy atom. The molecular weight excluding hydrogens is 526 g/mol. The van der Waals surface area contributed by atoms with Crippen LogP contribution in [-0.2, 0) is 0 Å². The number of nitrogens with two attached hydrogens (primary N) is 1. The number of aromatic amines is 2. The molecule has 43 heavy (non-hydrogen) atoms. The minimum absolute atomic E-state index is 0.714. The molecule has 5 heteroatoms. The number of aromatic nitrogens is 4. The molecule has 8 rings (SSSR count). The van der Waals surface area contributed by atoms with Crippen molar-refractivity contribution in [1.29, 1.82) is 0 Å². The van der Waals surface area contributed by atoms with Gasteiger partial charge in [0.15, 0.2) is 0 Å². The molecule has 204 valence electrons. The zero-order valence-electron chi connectivity index (χ0n) is 23.3. The lowest BCUT2D eigenvalue weighted by molar-refractivity contribution is 1.28. The van der Waals surface area contributed by atoms with E-state index in [0.717, 1.165) is 78.2 Å². The summed E-state index contributed by atoms with van der Waals surface area (Å²) < 4.78 is 0. The van der Waals surface area contributed by atoms with Gasteiger partial charge in [-0.05, 0) is 83.5 Å². The molecular formula is C38H27N5. The molecule has 0 atom stereocenters. The van der Waals surface area contributed by atoms with Crippen LogP contribution in [-0.4, -0.2) is 19.9 Å². The second kappa shape index (κ2) is 10.2. The van der Waals surface area contributed by atoms with Crippen LogP contribution in [0.25, 0.3) is 79.8 Å². The van der Waals surface area contributed by atoms with Crippen LogP contribution in [0.4, 0.5) is 5.69 Å². The number of fused-ring (bicyclic) bond motifs is 8. The van der Waals surface area contributed by atoms with E-state index in [9.17, 15) is 0 Å². The summed E-state index contributed by atoms with van der Waals surface area (Å²) in [5.74, 6) is 0. The lowest BCUT2D eigenvalue weighted by Crippen LogP contribution is -1.91. The number of hydrogen-bond acceptors (Lipinski definition) is 3. The van der Waals surface area contributed by atoms with E-state index in [2.05, 4.69) is 113 Å². The average Bonchev–Trinajstić information content (AvgIpc) is 3.86. The molecule has 0 aliphatic carbocycles. The molecule has 0 unspecified atom stereocenters. The fraction of sp³-hybridized carbons (Fsp3) is 0. The first-order chi connectivity index (χ1) is 21.2. The quantitative estimate of drug-likeness (QED) is 0.191. The van der Waals surface area contributed by atoms with Crippen molar-refractivity contribution in [2.75, 3.05) is 5.73 Å². The van der Waals surface area contributed by atoms with Gasteiger partial charge >= 0.3 is 0 Å². The molecule has 2 aliphatic rings. The second-order valence-electron chi connectivity index (χ2n) is 10.7. The number of nitrogens with zero attached hydrogens (tertiary/aromatic N) is 2. The van der Waals surface area contributed by atoms with Crippen molar-refractivity contribution >= 4 is 52.1 Å². The first-order valence-corrected chi connectivity index (χ1v) is 14.3. The van der Waals surface area contributed by atoms with Gasteiger partial charge in [-0.2, -0.15) is 0 Å². The Morgan fingerprint density at radius 2 is 0.837 bits per heavy atom. The highest BCUT2D eigenvalue weighted by atomic mass is 14.8. The highest BCUT2D eigenvalue weighted by Gasteiger charge is 2.18. The Kier molecular flexibility index (Phi) is 5.86. The Balaban J connectivity index is 1.54. The molecule has 0 saturated carbocycles. The molecule has 3 aromatic carbocycles. The van der Waals surface area contributed by atoms with Gasteiger partial charge in [-0.25, -0.2) is 9.97 Å². The van der Waals surface area contributed by atoms with Crippen molar-refractivity contribution in [3.8, 4) is 33.4 Å². The fourth-order valence-electron chi connectivity index (χ4n) is 5.90. The standard InChI is InChI=1S/C38H27N5/c39-27-13-11-26(12-14-27)38-34-21-19-32(42-34)36(24-7-3-1-4-8-24)30-17-15-28(40-30)23-29-16-18-31(41-29)37(25-9-5-2-6-10-25)33-20-22-35(38)43-33/h1-23,40-41H,39H2. The van der Waals surface area contributed by atoms with Gasteiger partial charge in [0.05, 0.1) is 22.8 Å². The van der Waals surface area contributed by atoms with Crippen molar-refractivity contribution in [2.45, 2.75) is 0 Å². The third kappa shape index (κ3) is 4.53. The molecule has 8 bridgehead atoms. The summed E-state index contributed by atoms with van der Waals surface area (Å²) in [5.41, 5.74) is 20.5. The third-order valence-corrected chi connectivity index (χ3v) is 7.90. The average molecular weight is 554 g/mol. The van der Waals surface area contributed by atoms with Crippen molar-refractivity contribution in [3.05, 3.63) is 138 Å².